The Morgan fingerprint density at radius 1 is 0.614 bits per heavy atom. The number of carboxylic acids is 2. The van der Waals surface area contributed by atoms with E-state index in [4.69, 9.17) is 9.97 Å². The number of H-pyrrole nitrogens is 2. The topological polar surface area (TPSA) is 132 Å². The lowest BCUT2D eigenvalue weighted by Crippen LogP contribution is -1.97. The third-order valence-electron chi connectivity index (χ3n) is 8.97. The van der Waals surface area contributed by atoms with Crippen LogP contribution in [0.2, 0.25) is 0 Å². The molecule has 3 aromatic heterocycles. The maximum atomic E-state index is 11.6. The van der Waals surface area contributed by atoms with Gasteiger partial charge in [-0.1, -0.05) is 27.7 Å². The van der Waals surface area contributed by atoms with Crippen LogP contribution >= 0.6 is 0 Å². The molecule has 0 amide bonds. The molecular weight excluding hydrogens is 552 g/mol. The first-order chi connectivity index (χ1) is 20.8. The van der Waals surface area contributed by atoms with E-state index >= 15 is 0 Å². The molecule has 4 N–H and O–H groups in total. The van der Waals surface area contributed by atoms with Crippen LogP contribution in [0.15, 0.2) is 24.3 Å². The molecule has 230 valence electrons. The largest absolute Gasteiger partial charge is 0.481 e. The van der Waals surface area contributed by atoms with Crippen LogP contribution in [-0.4, -0.2) is 42.1 Å². The Morgan fingerprint density at radius 2 is 1.00 bits per heavy atom. The highest BCUT2D eigenvalue weighted by Crippen LogP contribution is 2.39. The number of allylic oxidation sites excluding steroid dienone is 4. The van der Waals surface area contributed by atoms with E-state index in [0.717, 1.165) is 61.3 Å². The highest BCUT2D eigenvalue weighted by molar-refractivity contribution is 5.96. The van der Waals surface area contributed by atoms with Crippen molar-refractivity contribution in [1.29, 1.82) is 0 Å². The van der Waals surface area contributed by atoms with E-state index in [2.05, 4.69) is 69.7 Å². The Bertz CT molecular complexity index is 1920. The summed E-state index contributed by atoms with van der Waals surface area (Å²) >= 11 is 0. The van der Waals surface area contributed by atoms with Crippen molar-refractivity contribution in [2.24, 2.45) is 0 Å². The van der Waals surface area contributed by atoms with E-state index in [0.29, 0.717) is 24.2 Å². The number of hydrogen-bond acceptors (Lipinski definition) is 4. The van der Waals surface area contributed by atoms with E-state index in [1.165, 1.54) is 16.7 Å². The highest BCUT2D eigenvalue weighted by atomic mass is 16.4. The SMILES string of the molecule is CC1=C(CCC(=O)O)c2cc3nc(cc4[nH]c(cc5[nH]c(cc1n2)c(C)c5C(C)C)c(C)c4C(C)C)C(C)=C3CCC(=O)O. The molecule has 44 heavy (non-hydrogen) atoms. The molecule has 3 aromatic rings. The predicted molar refractivity (Wildman–Crippen MR) is 177 cm³/mol. The fourth-order valence-corrected chi connectivity index (χ4v) is 6.73. The molecular formula is C36H42N4O4. The second kappa shape index (κ2) is 11.9. The van der Waals surface area contributed by atoms with Crippen LogP contribution in [0.5, 0.6) is 0 Å². The number of fused-ring (bicyclic) bond motifs is 8. The standard InChI is InChI=1S/C36H42N4O4/c1-17(2)35-21(7)27-13-25-19(5)23(9-11-33(41)42)29(37-25)16-30-24(10-12-34(43)44)20(6)26(38-30)14-31-36(18(3)4)22(8)28(40-31)15-32(35)39-27/h13-18,39-40H,9-12H2,1-8H3,(H,41,42)(H,43,44). The lowest BCUT2D eigenvalue weighted by molar-refractivity contribution is -0.137. The van der Waals surface area contributed by atoms with Gasteiger partial charge in [0.2, 0.25) is 0 Å². The van der Waals surface area contributed by atoms with Gasteiger partial charge in [0.15, 0.2) is 0 Å². The zero-order valence-corrected chi connectivity index (χ0v) is 26.9. The number of hydrogen-bond donors (Lipinski definition) is 4. The summed E-state index contributed by atoms with van der Waals surface area (Å²) < 4.78 is 0. The van der Waals surface area contributed by atoms with Gasteiger partial charge in [-0.3, -0.25) is 9.59 Å². The maximum absolute atomic E-state index is 11.6. The number of rotatable bonds is 8. The van der Waals surface area contributed by atoms with Crippen molar-refractivity contribution in [2.45, 2.75) is 92.9 Å². The van der Waals surface area contributed by atoms with Crippen LogP contribution in [0.25, 0.3) is 44.4 Å². The van der Waals surface area contributed by atoms with Gasteiger partial charge in [-0.25, -0.2) is 9.97 Å². The van der Waals surface area contributed by atoms with Gasteiger partial charge in [-0.15, -0.1) is 0 Å². The second-order valence-corrected chi connectivity index (χ2v) is 12.6. The second-order valence-electron chi connectivity index (χ2n) is 12.6. The lowest BCUT2D eigenvalue weighted by atomic mass is 9.97. The number of aromatic nitrogens is 4. The fourth-order valence-electron chi connectivity index (χ4n) is 6.73. The fraction of sp³-hybridized carbons (Fsp3) is 0.389. The molecule has 8 nitrogen and oxygen atoms in total. The summed E-state index contributed by atoms with van der Waals surface area (Å²) in [7, 11) is 0. The van der Waals surface area contributed by atoms with Crippen molar-refractivity contribution in [3.8, 4) is 0 Å². The van der Waals surface area contributed by atoms with Gasteiger partial charge in [0.25, 0.3) is 0 Å². The van der Waals surface area contributed by atoms with Crippen LogP contribution in [0.1, 0.15) is 124 Å². The first-order valence-corrected chi connectivity index (χ1v) is 15.4. The molecule has 0 saturated carbocycles. The third kappa shape index (κ3) is 5.73. The Hall–Kier alpha value is -4.46. The van der Waals surface area contributed by atoms with E-state index < -0.39 is 11.9 Å². The van der Waals surface area contributed by atoms with Gasteiger partial charge in [0.1, 0.15) is 0 Å². The van der Waals surface area contributed by atoms with Crippen LogP contribution in [-0.2, 0) is 9.59 Å². The average molecular weight is 595 g/mol. The maximum Gasteiger partial charge on any atom is 0.303 e. The minimum absolute atomic E-state index is 0.0183. The van der Waals surface area contributed by atoms with Crippen molar-refractivity contribution in [3.05, 3.63) is 69.3 Å². The Labute approximate surface area is 258 Å². The van der Waals surface area contributed by atoms with Gasteiger partial charge < -0.3 is 20.2 Å². The monoisotopic (exact) mass is 594 g/mol. The summed E-state index contributed by atoms with van der Waals surface area (Å²) in [6.45, 7) is 17.0. The summed E-state index contributed by atoms with van der Waals surface area (Å²) in [5, 5.41) is 19.0. The molecule has 5 rings (SSSR count). The van der Waals surface area contributed by atoms with Crippen LogP contribution in [0, 0.1) is 13.8 Å². The van der Waals surface area contributed by atoms with Crippen molar-refractivity contribution in [2.75, 3.05) is 0 Å². The molecule has 8 heteroatoms. The summed E-state index contributed by atoms with van der Waals surface area (Å²) in [5.41, 5.74) is 15.3. The number of carboxylic acid groups (broad SMARTS) is 2. The van der Waals surface area contributed by atoms with Gasteiger partial charge in [-0.05, 0) is 121 Å². The number of nitrogens with zero attached hydrogens (tertiary/aromatic N) is 2. The van der Waals surface area contributed by atoms with Crippen molar-refractivity contribution in [1.82, 2.24) is 19.9 Å². The molecule has 5 heterocycles. The van der Waals surface area contributed by atoms with E-state index in [1.54, 1.807) is 0 Å². The Morgan fingerprint density at radius 3 is 1.41 bits per heavy atom. The van der Waals surface area contributed by atoms with Crippen LogP contribution < -0.4 is 0 Å². The summed E-state index contributed by atoms with van der Waals surface area (Å²) in [6.07, 6.45) is 0.628. The summed E-state index contributed by atoms with van der Waals surface area (Å²) in [6, 6.07) is 8.24. The van der Waals surface area contributed by atoms with Crippen molar-refractivity contribution in [3.63, 3.8) is 0 Å². The molecule has 0 saturated heterocycles. The summed E-state index contributed by atoms with van der Waals surface area (Å²) in [4.78, 5) is 40.6. The lowest BCUT2D eigenvalue weighted by Gasteiger charge is -2.06. The molecule has 0 unspecified atom stereocenters. The number of nitrogens with one attached hydrogen (secondary N) is 2. The zero-order chi connectivity index (χ0) is 32.0. The molecule has 0 fully saturated rings. The number of aromatic amines is 2. The van der Waals surface area contributed by atoms with E-state index in [-0.39, 0.29) is 24.7 Å². The first kappa shape index (κ1) is 31.0. The first-order valence-electron chi connectivity index (χ1n) is 15.4. The quantitative estimate of drug-likeness (QED) is 0.206. The van der Waals surface area contributed by atoms with Gasteiger partial charge in [0, 0.05) is 34.9 Å². The van der Waals surface area contributed by atoms with Crippen molar-refractivity contribution < 1.29 is 19.8 Å². The van der Waals surface area contributed by atoms with Gasteiger partial charge in [-0.2, -0.15) is 0 Å². The smallest absolute Gasteiger partial charge is 0.303 e. The van der Waals surface area contributed by atoms with Gasteiger partial charge >= 0.3 is 11.9 Å². The molecule has 2 aliphatic rings. The van der Waals surface area contributed by atoms with Crippen LogP contribution in [0.4, 0.5) is 0 Å². The average Bonchev–Trinajstić information content (AvgIpc) is 3.59. The Kier molecular flexibility index (Phi) is 8.38. The normalized spacial score (nSPS) is 13.5. The molecule has 0 radical (unpaired) electrons. The predicted octanol–water partition coefficient (Wildman–Crippen LogP) is 8.77. The molecule has 0 aromatic carbocycles. The van der Waals surface area contributed by atoms with E-state index in [9.17, 15) is 19.8 Å². The van der Waals surface area contributed by atoms with Crippen LogP contribution in [0.3, 0.4) is 0 Å². The number of aliphatic carboxylic acids is 2. The molecule has 0 atom stereocenters. The molecule has 2 aliphatic heterocycles. The number of aryl methyl sites for hydroxylation is 2. The molecule has 0 spiro atoms. The number of carbonyl (C=O) groups is 2. The minimum Gasteiger partial charge on any atom is -0.481 e. The van der Waals surface area contributed by atoms with Gasteiger partial charge in [0.05, 0.1) is 22.8 Å². The third-order valence-corrected chi connectivity index (χ3v) is 8.97. The van der Waals surface area contributed by atoms with E-state index in [1.807, 2.05) is 19.9 Å². The highest BCUT2D eigenvalue weighted by Gasteiger charge is 2.23. The Balaban J connectivity index is 1.95. The molecule has 8 bridgehead atoms. The molecule has 0 aliphatic carbocycles. The zero-order valence-electron chi connectivity index (χ0n) is 26.9. The minimum atomic E-state index is -0.870. The van der Waals surface area contributed by atoms with Crippen molar-refractivity contribution >= 4 is 56.3 Å². The summed E-state index contributed by atoms with van der Waals surface area (Å²) in [5.74, 6) is -1.19.